The topological polar surface area (TPSA) is 28.2 Å². The summed E-state index contributed by atoms with van der Waals surface area (Å²) in [4.78, 5) is 7.20. The van der Waals surface area contributed by atoms with Gasteiger partial charge in [0, 0.05) is 0 Å². The molecule has 5 nitrogen and oxygen atoms in total. The summed E-state index contributed by atoms with van der Waals surface area (Å²) in [6, 6.07) is 39.6. The number of anilines is 9. The van der Waals surface area contributed by atoms with Crippen LogP contribution in [0.15, 0.2) is 109 Å². The number of nitrogens with zero attached hydrogens (tertiary/aromatic N) is 3. The average molecular weight is 1040 g/mol. The molecule has 7 aromatic carbocycles. The van der Waals surface area contributed by atoms with Crippen molar-refractivity contribution in [1.82, 2.24) is 0 Å². The minimum absolute atomic E-state index is 0.127. The first kappa shape index (κ1) is 36.6. The van der Waals surface area contributed by atoms with E-state index in [4.69, 9.17) is 52.0 Å². The summed E-state index contributed by atoms with van der Waals surface area (Å²) in [7, 11) is 0. The van der Waals surface area contributed by atoms with Crippen LogP contribution in [0.2, 0.25) is 20.1 Å². The van der Waals surface area contributed by atoms with Crippen molar-refractivity contribution >= 4 is 127 Å². The second-order valence-corrected chi connectivity index (χ2v) is 31.5. The van der Waals surface area contributed by atoms with E-state index in [9.17, 15) is 0 Å². The Bertz CT molecular complexity index is 2810. The molecule has 4 aliphatic heterocycles. The molecule has 11 rings (SSSR count). The first-order valence-electron chi connectivity index (χ1n) is 19.2. The van der Waals surface area contributed by atoms with Crippen LogP contribution in [-0.4, -0.2) is 19.7 Å². The van der Waals surface area contributed by atoms with Gasteiger partial charge in [-0.2, -0.15) is 0 Å². The molecule has 10 heteroatoms. The van der Waals surface area contributed by atoms with Crippen molar-refractivity contribution in [2.75, 3.05) is 14.7 Å². The van der Waals surface area contributed by atoms with Crippen LogP contribution in [-0.2, 0) is 0 Å². The van der Waals surface area contributed by atoms with Crippen molar-refractivity contribution in [3.05, 3.63) is 163 Å². The summed E-state index contributed by atoms with van der Waals surface area (Å²) in [5.41, 5.74) is 15.7. The Morgan fingerprint density at radius 3 is 1.12 bits per heavy atom. The third-order valence-corrected chi connectivity index (χ3v) is 32.7. The molecule has 0 amide bonds. The van der Waals surface area contributed by atoms with E-state index in [1.807, 2.05) is 0 Å². The van der Waals surface area contributed by atoms with E-state index < -0.39 is 19.7 Å². The van der Waals surface area contributed by atoms with E-state index in [2.05, 4.69) is 165 Å². The molecule has 288 valence electrons. The van der Waals surface area contributed by atoms with Gasteiger partial charge in [-0.1, -0.05) is 0 Å². The molecule has 0 aromatic heterocycles. The molecule has 58 heavy (non-hydrogen) atoms. The average Bonchev–Trinajstić information content (AvgIpc) is 3.56. The molecule has 0 fully saturated rings. The summed E-state index contributed by atoms with van der Waals surface area (Å²) in [5.74, 6) is 0.638. The Labute approximate surface area is 360 Å². The normalized spacial score (nSPS) is 16.3. The van der Waals surface area contributed by atoms with Crippen LogP contribution in [0.1, 0.15) is 33.4 Å². The Kier molecular flexibility index (Phi) is 7.78. The van der Waals surface area contributed by atoms with Crippen molar-refractivity contribution in [2.45, 2.75) is 41.5 Å². The van der Waals surface area contributed by atoms with Crippen LogP contribution in [0, 0.1) is 41.5 Å². The number of benzene rings is 7. The summed E-state index contributed by atoms with van der Waals surface area (Å²) in [6.07, 6.45) is 0. The van der Waals surface area contributed by atoms with Gasteiger partial charge in [-0.05, 0) is 0 Å². The van der Waals surface area contributed by atoms with Gasteiger partial charge in [0.1, 0.15) is 0 Å². The van der Waals surface area contributed by atoms with Crippen molar-refractivity contribution in [3.63, 3.8) is 0 Å². The molecule has 0 atom stereocenters. The van der Waals surface area contributed by atoms with Crippen molar-refractivity contribution in [1.29, 1.82) is 0 Å². The van der Waals surface area contributed by atoms with Gasteiger partial charge in [-0.3, -0.25) is 0 Å². The van der Waals surface area contributed by atoms with Gasteiger partial charge in [0.2, 0.25) is 0 Å². The SMILES string of the molecule is Cc1ccc(N2c3cc(C)cc4[c]3[Bi]35([O]c6c(Cl)c(Cl)c(Cl)c(Cl)c6[O]3)[c]3c2ccc(C)c3N(c2ccc(C)cc2)c2c(C)ccc([c]25)N4c2ccc(C)cc2)cc1. The molecule has 4 heterocycles. The zero-order valence-corrected chi connectivity index (χ0v) is 39.0. The van der Waals surface area contributed by atoms with Crippen LogP contribution in [0.25, 0.3) is 0 Å². The van der Waals surface area contributed by atoms with Crippen LogP contribution in [0.4, 0.5) is 51.2 Å². The molecule has 4 aliphatic rings. The standard InChI is InChI=1S/C42H36N3.C6H2Cl4O2.Bi/c1-28-7-15-34(16-8-28)43-37-21-13-32(5)41(26-37)45(36-19-11-30(3)12-20-36)42-27-38(22-14-33(42)6)44(35-17-9-29(2)10-18-35)40-24-31(4)23-39(43)25-40;7-1-2(8)4(10)6(12)5(11)3(1)9;/h7-24H,1-6H3;11-12H;/q;;+2/p-2. The molecule has 0 saturated carbocycles. The van der Waals surface area contributed by atoms with E-state index in [0.29, 0.717) is 11.5 Å². The molecule has 0 unspecified atom stereocenters. The predicted octanol–water partition coefficient (Wildman–Crippen LogP) is 13.4. The van der Waals surface area contributed by atoms with E-state index in [1.54, 1.807) is 0 Å². The van der Waals surface area contributed by atoms with Gasteiger partial charge in [-0.15, -0.1) is 0 Å². The third-order valence-electron chi connectivity index (χ3n) is 12.1. The second-order valence-electron chi connectivity index (χ2n) is 15.9. The van der Waals surface area contributed by atoms with Crippen LogP contribution >= 0.6 is 46.4 Å². The number of fused-ring (bicyclic) bond motifs is 1. The zero-order chi connectivity index (χ0) is 40.2. The Hall–Kier alpha value is -4.42. The molecule has 0 aliphatic carbocycles. The second kappa shape index (κ2) is 12.3. The number of aryl methyl sites for hydroxylation is 6. The molecule has 1 spiro atoms. The summed E-state index contributed by atoms with van der Waals surface area (Å²) >= 11 is 22.0. The number of halogens is 4. The van der Waals surface area contributed by atoms with E-state index in [1.165, 1.54) is 16.7 Å². The fraction of sp³-hybridized carbons (Fsp3) is 0.125. The minimum atomic E-state index is -6.35. The van der Waals surface area contributed by atoms with Crippen LogP contribution in [0.5, 0.6) is 11.5 Å². The first-order valence-corrected chi connectivity index (χ1v) is 28.7. The van der Waals surface area contributed by atoms with Gasteiger partial charge in [0.25, 0.3) is 0 Å². The van der Waals surface area contributed by atoms with E-state index in [-0.39, 0.29) is 20.1 Å². The van der Waals surface area contributed by atoms with Gasteiger partial charge < -0.3 is 0 Å². The van der Waals surface area contributed by atoms with Crippen molar-refractivity contribution < 1.29 is 5.63 Å². The maximum atomic E-state index is 8.06. The molecule has 0 bridgehead atoms. The van der Waals surface area contributed by atoms with Crippen molar-refractivity contribution in [2.24, 2.45) is 0 Å². The fourth-order valence-corrected chi connectivity index (χ4v) is 34.1. The number of hydrogen-bond acceptors (Lipinski definition) is 5. The van der Waals surface area contributed by atoms with Gasteiger partial charge in [-0.25, -0.2) is 0 Å². The molecular weight excluding hydrogens is 1000 g/mol. The van der Waals surface area contributed by atoms with Crippen LogP contribution in [0.3, 0.4) is 0 Å². The first-order chi connectivity index (χ1) is 27.8. The van der Waals surface area contributed by atoms with Crippen molar-refractivity contribution in [3.8, 4) is 11.5 Å². The number of rotatable bonds is 3. The van der Waals surface area contributed by atoms with E-state index in [0.717, 1.165) is 77.7 Å². The molecular formula is C48H36BiCl4N3O2. The third kappa shape index (κ3) is 4.48. The molecule has 0 saturated heterocycles. The van der Waals surface area contributed by atoms with E-state index >= 15 is 0 Å². The summed E-state index contributed by atoms with van der Waals surface area (Å²) < 4.78 is 19.1. The van der Waals surface area contributed by atoms with Crippen LogP contribution < -0.4 is 30.1 Å². The maximum absolute atomic E-state index is 8.06. The summed E-state index contributed by atoms with van der Waals surface area (Å²) in [6.45, 7) is 12.9. The quantitative estimate of drug-likeness (QED) is 0.0999. The predicted molar refractivity (Wildman–Crippen MR) is 245 cm³/mol. The summed E-state index contributed by atoms with van der Waals surface area (Å²) in [5, 5.41) is 0.606. The molecule has 7 aromatic rings. The molecule has 0 N–H and O–H groups in total. The fourth-order valence-electron chi connectivity index (χ4n) is 9.56. The van der Waals surface area contributed by atoms with Gasteiger partial charge in [0.15, 0.2) is 0 Å². The van der Waals surface area contributed by atoms with Gasteiger partial charge in [0.05, 0.1) is 0 Å². The monoisotopic (exact) mass is 1040 g/mol. The number of hydrogen-bond donors (Lipinski definition) is 0. The Morgan fingerprint density at radius 1 is 0.379 bits per heavy atom. The van der Waals surface area contributed by atoms with Gasteiger partial charge >= 0.3 is 363 Å². The molecule has 0 radical (unpaired) electrons. The Morgan fingerprint density at radius 2 is 0.741 bits per heavy atom. The Balaban J connectivity index is 1.42. The zero-order valence-electron chi connectivity index (χ0n) is 32.5.